The van der Waals surface area contributed by atoms with Crippen molar-refractivity contribution in [3.05, 3.63) is 74.6 Å². The van der Waals surface area contributed by atoms with Crippen LogP contribution in [0.5, 0.6) is 5.75 Å². The van der Waals surface area contributed by atoms with Crippen LogP contribution in [0.1, 0.15) is 23.6 Å². The van der Waals surface area contributed by atoms with E-state index in [9.17, 15) is 4.79 Å². The number of ether oxygens (including phenoxy) is 1. The third-order valence-corrected chi connectivity index (χ3v) is 4.92. The predicted molar refractivity (Wildman–Crippen MR) is 97.2 cm³/mol. The van der Waals surface area contributed by atoms with Gasteiger partial charge in [0.25, 0.3) is 0 Å². The molecule has 0 fully saturated rings. The summed E-state index contributed by atoms with van der Waals surface area (Å²) in [7, 11) is 0. The Labute approximate surface area is 150 Å². The molecule has 1 N–H and O–H groups in total. The summed E-state index contributed by atoms with van der Waals surface area (Å²) in [6.45, 7) is 4.21. The Bertz CT molecular complexity index is 979. The van der Waals surface area contributed by atoms with Crippen LogP contribution in [0.25, 0.3) is 11.0 Å². The van der Waals surface area contributed by atoms with E-state index in [1.54, 1.807) is 6.07 Å². The number of hydrogen-bond acceptors (Lipinski definition) is 3. The molecule has 3 aromatic rings. The fraction of sp³-hybridized carbons (Fsp3) is 0.250. The van der Waals surface area contributed by atoms with Crippen LogP contribution in [-0.4, -0.2) is 6.73 Å². The number of hydrogen-bond donors (Lipinski definition) is 1. The van der Waals surface area contributed by atoms with Crippen LogP contribution in [0, 0.1) is 0 Å². The molecular formula is C20H19ClNO3+. The van der Waals surface area contributed by atoms with E-state index in [-0.39, 0.29) is 5.63 Å². The molecule has 0 amide bonds. The first kappa shape index (κ1) is 16.2. The van der Waals surface area contributed by atoms with E-state index >= 15 is 0 Å². The van der Waals surface area contributed by atoms with Crippen molar-refractivity contribution in [3.63, 3.8) is 0 Å². The Morgan fingerprint density at radius 3 is 2.72 bits per heavy atom. The fourth-order valence-electron chi connectivity index (χ4n) is 3.41. The first-order valence-electron chi connectivity index (χ1n) is 8.43. The van der Waals surface area contributed by atoms with Crippen LogP contribution < -0.4 is 15.3 Å². The van der Waals surface area contributed by atoms with Crippen LogP contribution in [0.4, 0.5) is 0 Å². The first-order chi connectivity index (χ1) is 12.1. The second kappa shape index (κ2) is 6.54. The number of nitrogens with one attached hydrogen (secondary N) is 1. The quantitative estimate of drug-likeness (QED) is 0.734. The number of fused-ring (bicyclic) bond motifs is 3. The molecule has 4 rings (SSSR count). The minimum Gasteiger partial charge on any atom is -0.445 e. The molecule has 2 heterocycles. The Hall–Kier alpha value is -2.30. The Kier molecular flexibility index (Phi) is 4.24. The Morgan fingerprint density at radius 1 is 1.16 bits per heavy atom. The zero-order valence-electron chi connectivity index (χ0n) is 14.0. The van der Waals surface area contributed by atoms with Crippen molar-refractivity contribution < 1.29 is 14.1 Å². The average Bonchev–Trinajstić information content (AvgIpc) is 2.63. The number of benzene rings is 2. The van der Waals surface area contributed by atoms with E-state index in [4.69, 9.17) is 20.8 Å². The van der Waals surface area contributed by atoms with Crippen LogP contribution >= 0.6 is 11.6 Å². The van der Waals surface area contributed by atoms with Crippen LogP contribution in [0.2, 0.25) is 5.02 Å². The van der Waals surface area contributed by atoms with E-state index < -0.39 is 0 Å². The lowest BCUT2D eigenvalue weighted by atomic mass is 10.0. The standard InChI is InChI=1S/C20H18ClNO3/c1-2-14-9-19(23)25-20-16(14)7-8-18-17(20)11-22(12-24-18)10-13-3-5-15(21)6-4-13/h3-9H,2,10-12H2,1H3/p+1. The summed E-state index contributed by atoms with van der Waals surface area (Å²) in [6, 6.07) is 13.4. The van der Waals surface area contributed by atoms with Gasteiger partial charge in [0.15, 0.2) is 5.58 Å². The van der Waals surface area contributed by atoms with E-state index in [0.717, 1.165) is 46.8 Å². The van der Waals surface area contributed by atoms with Crippen LogP contribution in [-0.2, 0) is 19.5 Å². The first-order valence-corrected chi connectivity index (χ1v) is 8.81. The monoisotopic (exact) mass is 356 g/mol. The molecule has 1 unspecified atom stereocenters. The molecule has 0 saturated carbocycles. The number of aryl methyl sites for hydroxylation is 1. The molecule has 0 spiro atoms. The van der Waals surface area contributed by atoms with Crippen molar-refractivity contribution in [2.24, 2.45) is 0 Å². The molecule has 0 radical (unpaired) electrons. The fourth-order valence-corrected chi connectivity index (χ4v) is 3.54. The molecular weight excluding hydrogens is 338 g/mol. The molecule has 1 atom stereocenters. The highest BCUT2D eigenvalue weighted by molar-refractivity contribution is 6.30. The van der Waals surface area contributed by atoms with Crippen molar-refractivity contribution in [2.45, 2.75) is 26.4 Å². The highest BCUT2D eigenvalue weighted by atomic mass is 35.5. The van der Waals surface area contributed by atoms with Gasteiger partial charge in [-0.05, 0) is 36.2 Å². The van der Waals surface area contributed by atoms with Gasteiger partial charge in [-0.3, -0.25) is 4.90 Å². The summed E-state index contributed by atoms with van der Waals surface area (Å²) >= 11 is 5.96. The van der Waals surface area contributed by atoms with E-state index in [1.165, 1.54) is 10.5 Å². The predicted octanol–water partition coefficient (Wildman–Crippen LogP) is 2.94. The molecule has 0 aliphatic carbocycles. The number of quaternary nitrogens is 1. The summed E-state index contributed by atoms with van der Waals surface area (Å²) < 4.78 is 11.5. The molecule has 1 aliphatic heterocycles. The number of halogens is 1. The molecule has 25 heavy (non-hydrogen) atoms. The Morgan fingerprint density at radius 2 is 1.96 bits per heavy atom. The van der Waals surface area contributed by atoms with Gasteiger partial charge >= 0.3 is 5.63 Å². The zero-order chi connectivity index (χ0) is 17.4. The maximum atomic E-state index is 11.9. The maximum absolute atomic E-state index is 11.9. The molecule has 4 nitrogen and oxygen atoms in total. The minimum absolute atomic E-state index is 0.303. The van der Waals surface area contributed by atoms with Gasteiger partial charge in [-0.2, -0.15) is 0 Å². The summed E-state index contributed by atoms with van der Waals surface area (Å²) in [5, 5.41) is 1.73. The van der Waals surface area contributed by atoms with E-state index in [0.29, 0.717) is 12.3 Å². The van der Waals surface area contributed by atoms with Gasteiger partial charge in [0.05, 0.1) is 5.56 Å². The minimum atomic E-state index is -0.303. The van der Waals surface area contributed by atoms with Gasteiger partial charge in [-0.1, -0.05) is 30.7 Å². The van der Waals surface area contributed by atoms with Gasteiger partial charge in [-0.15, -0.1) is 0 Å². The summed E-state index contributed by atoms with van der Waals surface area (Å²) in [5.41, 5.74) is 3.54. The molecule has 1 aliphatic rings. The topological polar surface area (TPSA) is 43.9 Å². The van der Waals surface area contributed by atoms with Gasteiger partial charge in [0.1, 0.15) is 18.8 Å². The Balaban J connectivity index is 1.70. The summed E-state index contributed by atoms with van der Waals surface area (Å²) in [5.74, 6) is 0.809. The van der Waals surface area contributed by atoms with Crippen LogP contribution in [0.3, 0.4) is 0 Å². The highest BCUT2D eigenvalue weighted by Crippen LogP contribution is 2.30. The normalized spacial score (nSPS) is 16.5. The van der Waals surface area contributed by atoms with Gasteiger partial charge < -0.3 is 9.15 Å². The van der Waals surface area contributed by atoms with Gasteiger partial charge in [-0.25, -0.2) is 4.79 Å². The smallest absolute Gasteiger partial charge is 0.336 e. The molecule has 0 saturated heterocycles. The molecule has 1 aromatic heterocycles. The zero-order valence-corrected chi connectivity index (χ0v) is 14.7. The second-order valence-electron chi connectivity index (χ2n) is 6.38. The van der Waals surface area contributed by atoms with Crippen molar-refractivity contribution >= 4 is 22.6 Å². The molecule has 0 bridgehead atoms. The summed E-state index contributed by atoms with van der Waals surface area (Å²) in [4.78, 5) is 13.2. The average molecular weight is 357 g/mol. The largest absolute Gasteiger partial charge is 0.445 e. The van der Waals surface area contributed by atoms with E-state index in [1.807, 2.05) is 43.3 Å². The van der Waals surface area contributed by atoms with Crippen molar-refractivity contribution in [3.8, 4) is 5.75 Å². The van der Waals surface area contributed by atoms with Crippen molar-refractivity contribution in [2.75, 3.05) is 6.73 Å². The molecule has 128 valence electrons. The van der Waals surface area contributed by atoms with Crippen molar-refractivity contribution in [1.29, 1.82) is 0 Å². The van der Waals surface area contributed by atoms with Gasteiger partial charge in [0, 0.05) is 22.0 Å². The maximum Gasteiger partial charge on any atom is 0.336 e. The van der Waals surface area contributed by atoms with Crippen LogP contribution in [0.15, 0.2) is 51.7 Å². The number of rotatable bonds is 3. The lowest BCUT2D eigenvalue weighted by molar-refractivity contribution is -0.945. The summed E-state index contributed by atoms with van der Waals surface area (Å²) in [6.07, 6.45) is 0.795. The highest BCUT2D eigenvalue weighted by Gasteiger charge is 2.25. The third-order valence-electron chi connectivity index (χ3n) is 4.67. The van der Waals surface area contributed by atoms with E-state index in [2.05, 4.69) is 0 Å². The molecule has 2 aromatic carbocycles. The van der Waals surface area contributed by atoms with Crippen molar-refractivity contribution in [1.82, 2.24) is 0 Å². The molecule has 5 heteroatoms. The van der Waals surface area contributed by atoms with Gasteiger partial charge in [0.2, 0.25) is 6.73 Å². The lowest BCUT2D eigenvalue weighted by Crippen LogP contribution is -3.10. The third kappa shape index (κ3) is 3.15. The lowest BCUT2D eigenvalue weighted by Gasteiger charge is -2.26. The SMILES string of the molecule is CCc1cc(=O)oc2c3c(ccc12)OC[NH+](Cc1ccc(Cl)cc1)C3. The second-order valence-corrected chi connectivity index (χ2v) is 6.82.